The molecule has 0 aliphatic carbocycles. The Hall–Kier alpha value is -2.15. The molecule has 0 aromatic heterocycles. The van der Waals surface area contributed by atoms with Crippen molar-refractivity contribution in [1.82, 2.24) is 0 Å². The van der Waals surface area contributed by atoms with Gasteiger partial charge in [0.1, 0.15) is 11.3 Å². The summed E-state index contributed by atoms with van der Waals surface area (Å²) in [6.45, 7) is 10.4. The second kappa shape index (κ2) is 6.39. The van der Waals surface area contributed by atoms with E-state index in [4.69, 9.17) is 9.47 Å². The minimum Gasteiger partial charge on any atom is -0.456 e. The number of hydrogen-bond donors (Lipinski definition) is 1. The van der Waals surface area contributed by atoms with Gasteiger partial charge in [0.05, 0.1) is 29.7 Å². The van der Waals surface area contributed by atoms with Crippen LogP contribution in [0.25, 0.3) is 0 Å². The average molecular weight is 336 g/mol. The van der Waals surface area contributed by atoms with Crippen molar-refractivity contribution in [3.05, 3.63) is 33.9 Å². The number of esters is 1. The number of benzene rings is 1. The standard InChI is InChI=1S/C17H24N2O5/c1-16(2,3)24-15(20)11-6-7-13(19(21)22)12(8-11)18-14-9-23-10-17(14,4)5/h6-8,14,18H,9-10H2,1-5H3/t14-/m1/s1. The molecule has 1 heterocycles. The van der Waals surface area contributed by atoms with Crippen LogP contribution in [0, 0.1) is 15.5 Å². The van der Waals surface area contributed by atoms with E-state index >= 15 is 0 Å². The van der Waals surface area contributed by atoms with E-state index in [1.807, 2.05) is 13.8 Å². The summed E-state index contributed by atoms with van der Waals surface area (Å²) in [6, 6.07) is 4.13. The zero-order valence-electron chi connectivity index (χ0n) is 14.7. The van der Waals surface area contributed by atoms with E-state index in [2.05, 4.69) is 5.32 Å². The van der Waals surface area contributed by atoms with Crippen LogP contribution < -0.4 is 5.32 Å². The van der Waals surface area contributed by atoms with Crippen molar-refractivity contribution < 1.29 is 19.2 Å². The number of rotatable bonds is 4. The summed E-state index contributed by atoms with van der Waals surface area (Å²) in [4.78, 5) is 23.0. The van der Waals surface area contributed by atoms with Gasteiger partial charge in [0, 0.05) is 11.5 Å². The Morgan fingerprint density at radius 2 is 2.08 bits per heavy atom. The summed E-state index contributed by atoms with van der Waals surface area (Å²) in [7, 11) is 0. The van der Waals surface area contributed by atoms with E-state index in [0.717, 1.165) is 0 Å². The largest absolute Gasteiger partial charge is 0.456 e. The van der Waals surface area contributed by atoms with Crippen molar-refractivity contribution in [2.24, 2.45) is 5.41 Å². The lowest BCUT2D eigenvalue weighted by Gasteiger charge is -2.26. The Morgan fingerprint density at radius 3 is 2.58 bits per heavy atom. The fourth-order valence-corrected chi connectivity index (χ4v) is 2.47. The molecule has 0 radical (unpaired) electrons. The third kappa shape index (κ3) is 4.23. The van der Waals surface area contributed by atoms with E-state index in [1.165, 1.54) is 18.2 Å². The molecular weight excluding hydrogens is 312 g/mol. The molecule has 1 saturated heterocycles. The fourth-order valence-electron chi connectivity index (χ4n) is 2.47. The average Bonchev–Trinajstić information content (AvgIpc) is 2.75. The molecule has 1 fully saturated rings. The molecule has 24 heavy (non-hydrogen) atoms. The molecule has 132 valence electrons. The minimum absolute atomic E-state index is 0.0786. The Balaban J connectivity index is 2.32. The zero-order chi connectivity index (χ0) is 18.1. The Kier molecular flexibility index (Phi) is 4.85. The summed E-state index contributed by atoms with van der Waals surface area (Å²) in [6.07, 6.45) is 0. The van der Waals surface area contributed by atoms with Crippen LogP contribution in [0.2, 0.25) is 0 Å². The maximum atomic E-state index is 12.2. The second-order valence-electron chi connectivity index (χ2n) is 7.69. The van der Waals surface area contributed by atoms with Crippen LogP contribution in [0.15, 0.2) is 18.2 Å². The number of anilines is 1. The number of carbonyl (C=O) groups excluding carboxylic acids is 1. The number of hydrogen-bond acceptors (Lipinski definition) is 6. The predicted molar refractivity (Wildman–Crippen MR) is 90.3 cm³/mol. The maximum Gasteiger partial charge on any atom is 0.338 e. The Morgan fingerprint density at radius 1 is 1.42 bits per heavy atom. The molecule has 2 rings (SSSR count). The first-order valence-electron chi connectivity index (χ1n) is 7.86. The summed E-state index contributed by atoms with van der Waals surface area (Å²) in [5.41, 5.74) is -0.296. The van der Waals surface area contributed by atoms with Crippen molar-refractivity contribution in [1.29, 1.82) is 0 Å². The van der Waals surface area contributed by atoms with E-state index in [-0.39, 0.29) is 22.7 Å². The first-order chi connectivity index (χ1) is 11.0. The molecule has 1 atom stereocenters. The minimum atomic E-state index is -0.631. The number of carbonyl (C=O) groups is 1. The third-order valence-corrected chi connectivity index (χ3v) is 3.86. The van der Waals surface area contributed by atoms with Gasteiger partial charge in [-0.05, 0) is 32.9 Å². The molecule has 7 nitrogen and oxygen atoms in total. The van der Waals surface area contributed by atoms with E-state index in [0.29, 0.717) is 18.9 Å². The molecule has 0 bridgehead atoms. The molecule has 0 saturated carbocycles. The second-order valence-corrected chi connectivity index (χ2v) is 7.69. The molecule has 1 aliphatic heterocycles. The molecule has 0 spiro atoms. The van der Waals surface area contributed by atoms with E-state index < -0.39 is 16.5 Å². The molecule has 0 amide bonds. The lowest BCUT2D eigenvalue weighted by molar-refractivity contribution is -0.384. The highest BCUT2D eigenvalue weighted by Gasteiger charge is 2.36. The van der Waals surface area contributed by atoms with Crippen LogP contribution in [0.1, 0.15) is 45.0 Å². The summed E-state index contributed by atoms with van der Waals surface area (Å²) in [5.74, 6) is -0.512. The smallest absolute Gasteiger partial charge is 0.338 e. The molecule has 1 N–H and O–H groups in total. The van der Waals surface area contributed by atoms with Gasteiger partial charge in [-0.2, -0.15) is 0 Å². The van der Waals surface area contributed by atoms with Gasteiger partial charge < -0.3 is 14.8 Å². The lowest BCUT2D eigenvalue weighted by Crippen LogP contribution is -2.34. The number of nitro benzene ring substituents is 1. The molecule has 7 heteroatoms. The van der Waals surface area contributed by atoms with Gasteiger partial charge in [-0.1, -0.05) is 13.8 Å². The van der Waals surface area contributed by atoms with Gasteiger partial charge in [0.2, 0.25) is 0 Å². The molecule has 1 aliphatic rings. The Bertz CT molecular complexity index is 649. The number of nitrogens with zero attached hydrogens (tertiary/aromatic N) is 1. The van der Waals surface area contributed by atoms with E-state index in [9.17, 15) is 14.9 Å². The summed E-state index contributed by atoms with van der Waals surface area (Å²) >= 11 is 0. The highest BCUT2D eigenvalue weighted by molar-refractivity contribution is 5.92. The summed E-state index contributed by atoms with van der Waals surface area (Å²) < 4.78 is 10.8. The molecule has 1 aromatic carbocycles. The predicted octanol–water partition coefficient (Wildman–Crippen LogP) is 3.39. The molecule has 0 unspecified atom stereocenters. The van der Waals surface area contributed by atoms with Crippen LogP contribution in [-0.4, -0.2) is 35.7 Å². The lowest BCUT2D eigenvalue weighted by atomic mass is 9.87. The van der Waals surface area contributed by atoms with Crippen LogP contribution in [0.3, 0.4) is 0 Å². The topological polar surface area (TPSA) is 90.7 Å². The normalized spacial score (nSPS) is 19.8. The van der Waals surface area contributed by atoms with Crippen LogP contribution in [0.4, 0.5) is 11.4 Å². The highest BCUT2D eigenvalue weighted by Crippen LogP contribution is 2.34. The van der Waals surface area contributed by atoms with Crippen molar-refractivity contribution in [3.8, 4) is 0 Å². The maximum absolute atomic E-state index is 12.2. The van der Waals surface area contributed by atoms with Gasteiger partial charge in [-0.15, -0.1) is 0 Å². The number of ether oxygens (including phenoxy) is 2. The van der Waals surface area contributed by atoms with Gasteiger partial charge in [0.15, 0.2) is 0 Å². The van der Waals surface area contributed by atoms with Gasteiger partial charge in [0.25, 0.3) is 5.69 Å². The van der Waals surface area contributed by atoms with Gasteiger partial charge in [-0.25, -0.2) is 4.79 Å². The number of nitrogens with one attached hydrogen (secondary N) is 1. The van der Waals surface area contributed by atoms with Crippen molar-refractivity contribution in [3.63, 3.8) is 0 Å². The number of nitro groups is 1. The van der Waals surface area contributed by atoms with Crippen LogP contribution >= 0.6 is 0 Å². The van der Waals surface area contributed by atoms with Gasteiger partial charge >= 0.3 is 5.97 Å². The van der Waals surface area contributed by atoms with Crippen molar-refractivity contribution >= 4 is 17.3 Å². The first kappa shape index (κ1) is 18.2. The first-order valence-corrected chi connectivity index (χ1v) is 7.86. The molecular formula is C17H24N2O5. The quantitative estimate of drug-likeness (QED) is 0.515. The van der Waals surface area contributed by atoms with E-state index in [1.54, 1.807) is 20.8 Å². The van der Waals surface area contributed by atoms with Crippen molar-refractivity contribution in [2.75, 3.05) is 18.5 Å². The zero-order valence-corrected chi connectivity index (χ0v) is 14.7. The monoisotopic (exact) mass is 336 g/mol. The SMILES string of the molecule is CC(C)(C)OC(=O)c1ccc([N+](=O)[O-])c(N[C@@H]2COCC2(C)C)c1. The van der Waals surface area contributed by atoms with Crippen molar-refractivity contribution in [2.45, 2.75) is 46.3 Å². The molecule has 1 aromatic rings. The third-order valence-electron chi connectivity index (χ3n) is 3.86. The highest BCUT2D eigenvalue weighted by atomic mass is 16.6. The van der Waals surface area contributed by atoms with Gasteiger partial charge in [-0.3, -0.25) is 10.1 Å². The fraction of sp³-hybridized carbons (Fsp3) is 0.588. The van der Waals surface area contributed by atoms with Crippen LogP contribution in [-0.2, 0) is 9.47 Å². The summed E-state index contributed by atoms with van der Waals surface area (Å²) in [5, 5.41) is 14.4. The van der Waals surface area contributed by atoms with Crippen LogP contribution in [0.5, 0.6) is 0 Å². The Labute approximate surface area is 141 Å².